The molecule has 0 radical (unpaired) electrons. The van der Waals surface area contributed by atoms with Gasteiger partial charge in [0.25, 0.3) is 0 Å². The third-order valence-electron chi connectivity index (χ3n) is 3.16. The van der Waals surface area contributed by atoms with Crippen LogP contribution in [0.3, 0.4) is 0 Å². The van der Waals surface area contributed by atoms with Crippen LogP contribution in [0.2, 0.25) is 10.0 Å². The molecule has 0 saturated heterocycles. The lowest BCUT2D eigenvalue weighted by molar-refractivity contribution is 0.560. The second kappa shape index (κ2) is 4.37. The summed E-state index contributed by atoms with van der Waals surface area (Å²) >= 11 is 12.0. The van der Waals surface area contributed by atoms with Crippen LogP contribution in [0.15, 0.2) is 24.5 Å². The minimum atomic E-state index is 0.483. The van der Waals surface area contributed by atoms with Crippen molar-refractivity contribution < 1.29 is 0 Å². The van der Waals surface area contributed by atoms with Crippen molar-refractivity contribution in [1.82, 2.24) is 9.55 Å². The predicted octanol–water partition coefficient (Wildman–Crippen LogP) is 2.79. The molecule has 0 fully saturated rings. The molecule has 1 aliphatic rings. The van der Waals surface area contributed by atoms with Crippen LogP contribution in [0.5, 0.6) is 0 Å². The van der Waals surface area contributed by atoms with Gasteiger partial charge in [0.1, 0.15) is 5.82 Å². The SMILES string of the molecule is Nc1cc(Cl)c(Cl)cc1N1CCn2ccnc2C1. The maximum atomic E-state index is 6.05. The Balaban J connectivity index is 1.95. The van der Waals surface area contributed by atoms with Gasteiger partial charge in [0.05, 0.1) is 28.0 Å². The standard InChI is InChI=1S/C12H12Cl2N4/c13-8-5-10(15)11(6-9(8)14)18-4-3-17-2-1-16-12(17)7-18/h1-2,5-6H,3-4,7,15H2. The minimum absolute atomic E-state index is 0.483. The number of nitrogens with two attached hydrogens (primary N) is 1. The molecule has 0 saturated carbocycles. The number of nitrogens with zero attached hydrogens (tertiary/aromatic N) is 3. The lowest BCUT2D eigenvalue weighted by Crippen LogP contribution is -2.34. The van der Waals surface area contributed by atoms with Crippen LogP contribution < -0.4 is 10.6 Å². The average molecular weight is 283 g/mol. The van der Waals surface area contributed by atoms with E-state index in [4.69, 9.17) is 28.9 Å². The second-order valence-corrected chi connectivity index (χ2v) is 5.10. The largest absolute Gasteiger partial charge is 0.397 e. The van der Waals surface area contributed by atoms with Gasteiger partial charge in [0.2, 0.25) is 0 Å². The molecule has 0 spiro atoms. The van der Waals surface area contributed by atoms with Gasteiger partial charge in [-0.1, -0.05) is 23.2 Å². The lowest BCUT2D eigenvalue weighted by Gasteiger charge is -2.30. The van der Waals surface area contributed by atoms with Crippen molar-refractivity contribution in [3.63, 3.8) is 0 Å². The van der Waals surface area contributed by atoms with Crippen LogP contribution in [0.4, 0.5) is 11.4 Å². The molecule has 0 unspecified atom stereocenters. The van der Waals surface area contributed by atoms with Crippen molar-refractivity contribution in [2.75, 3.05) is 17.2 Å². The van der Waals surface area contributed by atoms with E-state index in [1.807, 2.05) is 18.5 Å². The first kappa shape index (κ1) is 11.7. The summed E-state index contributed by atoms with van der Waals surface area (Å²) in [6, 6.07) is 3.51. The third-order valence-corrected chi connectivity index (χ3v) is 3.88. The molecule has 2 heterocycles. The first-order valence-electron chi connectivity index (χ1n) is 5.64. The molecule has 18 heavy (non-hydrogen) atoms. The van der Waals surface area contributed by atoms with Crippen LogP contribution in [0.1, 0.15) is 5.82 Å². The maximum Gasteiger partial charge on any atom is 0.128 e. The number of imidazole rings is 1. The fourth-order valence-electron chi connectivity index (χ4n) is 2.20. The zero-order chi connectivity index (χ0) is 12.7. The molecule has 0 atom stereocenters. The number of fused-ring (bicyclic) bond motifs is 1. The molecule has 2 aromatic rings. The lowest BCUT2D eigenvalue weighted by atomic mass is 10.2. The van der Waals surface area contributed by atoms with E-state index in [9.17, 15) is 0 Å². The highest BCUT2D eigenvalue weighted by Crippen LogP contribution is 2.34. The molecule has 2 N–H and O–H groups in total. The Kier molecular flexibility index (Phi) is 2.84. The molecule has 3 rings (SSSR count). The van der Waals surface area contributed by atoms with Gasteiger partial charge in [-0.25, -0.2) is 4.98 Å². The predicted molar refractivity (Wildman–Crippen MR) is 74.2 cm³/mol. The molecule has 0 amide bonds. The zero-order valence-electron chi connectivity index (χ0n) is 9.61. The molecular formula is C12H12Cl2N4. The number of anilines is 2. The first-order chi connectivity index (χ1) is 8.65. The molecule has 4 nitrogen and oxygen atoms in total. The van der Waals surface area contributed by atoms with Gasteiger partial charge in [-0.05, 0) is 12.1 Å². The molecule has 0 aliphatic carbocycles. The summed E-state index contributed by atoms with van der Waals surface area (Å²) in [6.45, 7) is 2.51. The summed E-state index contributed by atoms with van der Waals surface area (Å²) in [5.74, 6) is 1.03. The van der Waals surface area contributed by atoms with Crippen LogP contribution in [-0.4, -0.2) is 16.1 Å². The quantitative estimate of drug-likeness (QED) is 0.819. The van der Waals surface area contributed by atoms with E-state index < -0.39 is 0 Å². The fraction of sp³-hybridized carbons (Fsp3) is 0.250. The number of nitrogen functional groups attached to an aromatic ring is 1. The van der Waals surface area contributed by atoms with Gasteiger partial charge >= 0.3 is 0 Å². The van der Waals surface area contributed by atoms with Crippen molar-refractivity contribution in [1.29, 1.82) is 0 Å². The van der Waals surface area contributed by atoms with E-state index in [0.29, 0.717) is 15.7 Å². The minimum Gasteiger partial charge on any atom is -0.397 e. The Morgan fingerprint density at radius 2 is 1.94 bits per heavy atom. The highest BCUT2D eigenvalue weighted by Gasteiger charge is 2.19. The molecule has 6 heteroatoms. The summed E-state index contributed by atoms with van der Waals surface area (Å²) < 4.78 is 2.14. The topological polar surface area (TPSA) is 47.1 Å². The van der Waals surface area contributed by atoms with Crippen LogP contribution in [0.25, 0.3) is 0 Å². The maximum absolute atomic E-state index is 6.05. The molecule has 1 aliphatic heterocycles. The number of hydrogen-bond acceptors (Lipinski definition) is 3. The van der Waals surface area contributed by atoms with Crippen molar-refractivity contribution in [2.45, 2.75) is 13.1 Å². The average Bonchev–Trinajstić information content (AvgIpc) is 2.80. The Labute approximate surface area is 115 Å². The molecule has 94 valence electrons. The highest BCUT2D eigenvalue weighted by atomic mass is 35.5. The smallest absolute Gasteiger partial charge is 0.128 e. The third kappa shape index (κ3) is 1.91. The summed E-state index contributed by atoms with van der Waals surface area (Å²) in [6.07, 6.45) is 3.81. The van der Waals surface area contributed by atoms with Gasteiger partial charge in [0.15, 0.2) is 0 Å². The highest BCUT2D eigenvalue weighted by molar-refractivity contribution is 6.42. The van der Waals surface area contributed by atoms with Crippen molar-refractivity contribution in [2.24, 2.45) is 0 Å². The first-order valence-corrected chi connectivity index (χ1v) is 6.40. The van der Waals surface area contributed by atoms with E-state index in [-0.39, 0.29) is 0 Å². The second-order valence-electron chi connectivity index (χ2n) is 4.28. The van der Waals surface area contributed by atoms with Gasteiger partial charge in [-0.2, -0.15) is 0 Å². The van der Waals surface area contributed by atoms with Crippen LogP contribution in [0, 0.1) is 0 Å². The van der Waals surface area contributed by atoms with E-state index in [2.05, 4.69) is 14.5 Å². The van der Waals surface area contributed by atoms with E-state index in [0.717, 1.165) is 31.1 Å². The van der Waals surface area contributed by atoms with Crippen molar-refractivity contribution in [3.8, 4) is 0 Å². The normalized spacial score (nSPS) is 14.7. The molecular weight excluding hydrogens is 271 g/mol. The van der Waals surface area contributed by atoms with Gasteiger partial charge in [-0.3, -0.25) is 0 Å². The van der Waals surface area contributed by atoms with E-state index in [1.165, 1.54) is 0 Å². The van der Waals surface area contributed by atoms with Crippen LogP contribution in [-0.2, 0) is 13.1 Å². The van der Waals surface area contributed by atoms with E-state index in [1.54, 1.807) is 6.07 Å². The summed E-state index contributed by atoms with van der Waals surface area (Å²) in [5.41, 5.74) is 7.56. The number of aromatic nitrogens is 2. The summed E-state index contributed by atoms with van der Waals surface area (Å²) in [7, 11) is 0. The summed E-state index contributed by atoms with van der Waals surface area (Å²) in [5, 5.41) is 1.01. The number of rotatable bonds is 1. The molecule has 1 aromatic heterocycles. The number of benzene rings is 1. The van der Waals surface area contributed by atoms with Gasteiger partial charge in [0, 0.05) is 25.5 Å². The monoisotopic (exact) mass is 282 g/mol. The molecule has 0 bridgehead atoms. The Bertz CT molecular complexity index is 594. The van der Waals surface area contributed by atoms with Crippen LogP contribution >= 0.6 is 23.2 Å². The molecule has 1 aromatic carbocycles. The Morgan fingerprint density at radius 3 is 2.78 bits per heavy atom. The number of hydrogen-bond donors (Lipinski definition) is 1. The van der Waals surface area contributed by atoms with E-state index >= 15 is 0 Å². The van der Waals surface area contributed by atoms with Crippen molar-refractivity contribution >= 4 is 34.6 Å². The summed E-state index contributed by atoms with van der Waals surface area (Å²) in [4.78, 5) is 6.49. The van der Waals surface area contributed by atoms with Crippen molar-refractivity contribution in [3.05, 3.63) is 40.4 Å². The zero-order valence-corrected chi connectivity index (χ0v) is 11.1. The number of halogens is 2. The Morgan fingerprint density at radius 1 is 1.17 bits per heavy atom. The fourth-order valence-corrected chi connectivity index (χ4v) is 2.53. The van der Waals surface area contributed by atoms with Gasteiger partial charge in [-0.15, -0.1) is 0 Å². The van der Waals surface area contributed by atoms with Gasteiger partial charge < -0.3 is 15.2 Å². The Hall–Kier alpha value is -1.39.